The molecule has 0 spiro atoms. The number of esters is 1. The molecule has 0 saturated heterocycles. The van der Waals surface area contributed by atoms with Crippen LogP contribution in [0.4, 0.5) is 5.69 Å². The van der Waals surface area contributed by atoms with Gasteiger partial charge in [-0.05, 0) is 12.5 Å². The molecule has 1 aliphatic rings. The van der Waals surface area contributed by atoms with Crippen molar-refractivity contribution >= 4 is 17.6 Å². The molecule has 1 aromatic carbocycles. The minimum Gasteiger partial charge on any atom is -0.466 e. The Morgan fingerprint density at radius 3 is 2.85 bits per heavy atom. The highest BCUT2D eigenvalue weighted by atomic mass is 16.5. The monoisotopic (exact) mass is 273 g/mol. The van der Waals surface area contributed by atoms with Crippen LogP contribution < -0.4 is 5.73 Å². The molecular formula is C15H19N3O2. The lowest BCUT2D eigenvalue weighted by molar-refractivity contribution is -0.136. The van der Waals surface area contributed by atoms with Crippen molar-refractivity contribution < 1.29 is 9.53 Å². The SMILES string of the molecule is C=C(C(=O)OC)C1c2ccccc2N=C(N)N1CCC. The molecule has 1 atom stereocenters. The van der Waals surface area contributed by atoms with Gasteiger partial charge in [-0.15, -0.1) is 0 Å². The van der Waals surface area contributed by atoms with Crippen molar-refractivity contribution in [3.05, 3.63) is 42.0 Å². The van der Waals surface area contributed by atoms with Gasteiger partial charge in [0.1, 0.15) is 0 Å². The number of guanidine groups is 1. The van der Waals surface area contributed by atoms with Crippen LogP contribution in [0.15, 0.2) is 41.4 Å². The number of fused-ring (bicyclic) bond motifs is 1. The standard InChI is InChI=1S/C15H19N3O2/c1-4-9-18-13(10(2)14(19)20-3)11-7-5-6-8-12(11)17-15(18)16/h5-8,13H,2,4,9H2,1,3H3,(H2,16,17). The van der Waals surface area contributed by atoms with Gasteiger partial charge in [0, 0.05) is 12.1 Å². The number of para-hydroxylation sites is 1. The van der Waals surface area contributed by atoms with Crippen LogP contribution in [-0.2, 0) is 9.53 Å². The molecule has 5 heteroatoms. The van der Waals surface area contributed by atoms with Gasteiger partial charge in [0.25, 0.3) is 0 Å². The molecule has 2 rings (SSSR count). The van der Waals surface area contributed by atoms with Crippen LogP contribution in [0.1, 0.15) is 24.9 Å². The Balaban J connectivity index is 2.50. The lowest BCUT2D eigenvalue weighted by Gasteiger charge is -2.36. The molecule has 2 N–H and O–H groups in total. The predicted octanol–water partition coefficient (Wildman–Crippen LogP) is 2.13. The van der Waals surface area contributed by atoms with E-state index >= 15 is 0 Å². The highest BCUT2D eigenvalue weighted by molar-refractivity contribution is 5.93. The first kappa shape index (κ1) is 14.1. The number of methoxy groups -OCH3 is 1. The van der Waals surface area contributed by atoms with E-state index in [0.29, 0.717) is 18.1 Å². The fourth-order valence-electron chi connectivity index (χ4n) is 2.41. The van der Waals surface area contributed by atoms with Crippen molar-refractivity contribution in [2.24, 2.45) is 10.7 Å². The molecule has 0 aliphatic carbocycles. The lowest BCUT2D eigenvalue weighted by atomic mass is 9.95. The molecule has 106 valence electrons. The summed E-state index contributed by atoms with van der Waals surface area (Å²) < 4.78 is 4.80. The van der Waals surface area contributed by atoms with Crippen LogP contribution in [0.5, 0.6) is 0 Å². The number of hydrogen-bond acceptors (Lipinski definition) is 5. The number of aliphatic imine (C=N–C) groups is 1. The molecule has 0 bridgehead atoms. The average Bonchev–Trinajstić information content (AvgIpc) is 2.46. The molecular weight excluding hydrogens is 254 g/mol. The van der Waals surface area contributed by atoms with Crippen LogP contribution in [-0.4, -0.2) is 30.5 Å². The fourth-order valence-corrected chi connectivity index (χ4v) is 2.41. The Labute approximate surface area is 118 Å². The van der Waals surface area contributed by atoms with Crippen LogP contribution in [0, 0.1) is 0 Å². The van der Waals surface area contributed by atoms with Crippen LogP contribution >= 0.6 is 0 Å². The number of benzene rings is 1. The maximum atomic E-state index is 11.8. The summed E-state index contributed by atoms with van der Waals surface area (Å²) in [6.07, 6.45) is 0.892. The molecule has 0 fully saturated rings. The Morgan fingerprint density at radius 2 is 2.20 bits per heavy atom. The Bertz CT molecular complexity index is 566. The average molecular weight is 273 g/mol. The summed E-state index contributed by atoms with van der Waals surface area (Å²) in [6, 6.07) is 7.30. The van der Waals surface area contributed by atoms with Crippen molar-refractivity contribution in [3.8, 4) is 0 Å². The van der Waals surface area contributed by atoms with E-state index < -0.39 is 5.97 Å². The maximum absolute atomic E-state index is 11.8. The number of rotatable bonds is 4. The minimum atomic E-state index is -0.430. The molecule has 20 heavy (non-hydrogen) atoms. The van der Waals surface area contributed by atoms with Crippen molar-refractivity contribution in [2.75, 3.05) is 13.7 Å². The number of nitrogens with zero attached hydrogens (tertiary/aromatic N) is 2. The number of carbonyl (C=O) groups is 1. The van der Waals surface area contributed by atoms with E-state index in [4.69, 9.17) is 10.5 Å². The fraction of sp³-hybridized carbons (Fsp3) is 0.333. The third-order valence-corrected chi connectivity index (χ3v) is 3.31. The van der Waals surface area contributed by atoms with Gasteiger partial charge >= 0.3 is 5.97 Å². The first-order valence-electron chi connectivity index (χ1n) is 6.57. The van der Waals surface area contributed by atoms with Gasteiger partial charge in [-0.1, -0.05) is 31.7 Å². The molecule has 1 heterocycles. The second-order valence-corrected chi connectivity index (χ2v) is 4.64. The van der Waals surface area contributed by atoms with E-state index in [1.54, 1.807) is 0 Å². The van der Waals surface area contributed by atoms with Crippen LogP contribution in [0.3, 0.4) is 0 Å². The topological polar surface area (TPSA) is 67.9 Å². The number of hydrogen-bond donors (Lipinski definition) is 1. The molecule has 0 aromatic heterocycles. The van der Waals surface area contributed by atoms with E-state index in [1.807, 2.05) is 36.1 Å². The molecule has 1 aromatic rings. The molecule has 1 unspecified atom stereocenters. The maximum Gasteiger partial charge on any atom is 0.335 e. The van der Waals surface area contributed by atoms with E-state index in [2.05, 4.69) is 11.6 Å². The van der Waals surface area contributed by atoms with Gasteiger partial charge < -0.3 is 15.4 Å². The van der Waals surface area contributed by atoms with Gasteiger partial charge in [-0.25, -0.2) is 9.79 Å². The highest BCUT2D eigenvalue weighted by Crippen LogP contribution is 2.38. The van der Waals surface area contributed by atoms with Gasteiger partial charge in [-0.2, -0.15) is 0 Å². The van der Waals surface area contributed by atoms with E-state index in [9.17, 15) is 4.79 Å². The van der Waals surface area contributed by atoms with Crippen molar-refractivity contribution in [2.45, 2.75) is 19.4 Å². The lowest BCUT2D eigenvalue weighted by Crippen LogP contribution is -2.44. The predicted molar refractivity (Wildman–Crippen MR) is 78.6 cm³/mol. The first-order chi connectivity index (χ1) is 9.60. The minimum absolute atomic E-state index is 0.323. The Morgan fingerprint density at radius 1 is 1.50 bits per heavy atom. The van der Waals surface area contributed by atoms with Crippen LogP contribution in [0.2, 0.25) is 0 Å². The third-order valence-electron chi connectivity index (χ3n) is 3.31. The Hall–Kier alpha value is -2.30. The summed E-state index contributed by atoms with van der Waals surface area (Å²) in [5, 5.41) is 0. The van der Waals surface area contributed by atoms with E-state index in [-0.39, 0.29) is 6.04 Å². The van der Waals surface area contributed by atoms with Crippen molar-refractivity contribution in [3.63, 3.8) is 0 Å². The summed E-state index contributed by atoms with van der Waals surface area (Å²) in [4.78, 5) is 18.1. The van der Waals surface area contributed by atoms with Crippen molar-refractivity contribution in [1.82, 2.24) is 4.90 Å². The zero-order valence-corrected chi connectivity index (χ0v) is 11.8. The normalized spacial score (nSPS) is 17.2. The van der Waals surface area contributed by atoms with E-state index in [0.717, 1.165) is 17.7 Å². The van der Waals surface area contributed by atoms with Crippen LogP contribution in [0.25, 0.3) is 0 Å². The number of ether oxygens (including phenoxy) is 1. The molecule has 0 radical (unpaired) electrons. The van der Waals surface area contributed by atoms with Gasteiger partial charge in [0.05, 0.1) is 24.4 Å². The highest BCUT2D eigenvalue weighted by Gasteiger charge is 2.33. The van der Waals surface area contributed by atoms with Gasteiger partial charge in [-0.3, -0.25) is 0 Å². The summed E-state index contributed by atoms with van der Waals surface area (Å²) in [6.45, 7) is 6.63. The Kier molecular flexibility index (Phi) is 4.08. The summed E-state index contributed by atoms with van der Waals surface area (Å²) in [7, 11) is 1.35. The summed E-state index contributed by atoms with van der Waals surface area (Å²) in [5.74, 6) is -0.0267. The van der Waals surface area contributed by atoms with Gasteiger partial charge in [0.2, 0.25) is 0 Å². The molecule has 0 amide bonds. The zero-order valence-electron chi connectivity index (χ0n) is 11.8. The second kappa shape index (κ2) is 5.77. The summed E-state index contributed by atoms with van der Waals surface area (Å²) >= 11 is 0. The zero-order chi connectivity index (χ0) is 14.7. The smallest absolute Gasteiger partial charge is 0.335 e. The number of carbonyl (C=O) groups excluding carboxylic acids is 1. The quantitative estimate of drug-likeness (QED) is 0.674. The molecule has 1 aliphatic heterocycles. The van der Waals surface area contributed by atoms with Gasteiger partial charge in [0.15, 0.2) is 5.96 Å². The number of nitrogens with two attached hydrogens (primary N) is 1. The summed E-state index contributed by atoms with van der Waals surface area (Å²) in [5.41, 5.74) is 8.09. The third kappa shape index (κ3) is 2.39. The first-order valence-corrected chi connectivity index (χ1v) is 6.57. The van der Waals surface area contributed by atoms with Crippen molar-refractivity contribution in [1.29, 1.82) is 0 Å². The largest absolute Gasteiger partial charge is 0.466 e. The van der Waals surface area contributed by atoms with E-state index in [1.165, 1.54) is 7.11 Å². The molecule has 5 nitrogen and oxygen atoms in total. The molecule has 0 saturated carbocycles. The second-order valence-electron chi connectivity index (χ2n) is 4.64.